The Morgan fingerprint density at radius 1 is 1.29 bits per heavy atom. The second kappa shape index (κ2) is 7.53. The highest BCUT2D eigenvalue weighted by molar-refractivity contribution is 5.73. The minimum Gasteiger partial charge on any atom is -0.505 e. The molecular weight excluding hydrogens is 361 g/mol. The molecule has 0 fully saturated rings. The van der Waals surface area contributed by atoms with Crippen molar-refractivity contribution in [2.24, 2.45) is 7.05 Å². The molecule has 0 spiro atoms. The van der Waals surface area contributed by atoms with Crippen molar-refractivity contribution < 1.29 is 14.2 Å². The van der Waals surface area contributed by atoms with Crippen LogP contribution in [0.15, 0.2) is 41.2 Å². The van der Waals surface area contributed by atoms with Gasteiger partial charge in [0, 0.05) is 7.05 Å². The Morgan fingerprint density at radius 2 is 2.04 bits per heavy atom. The van der Waals surface area contributed by atoms with Crippen LogP contribution in [0.3, 0.4) is 0 Å². The molecule has 1 heterocycles. The van der Waals surface area contributed by atoms with Gasteiger partial charge in [-0.2, -0.15) is 10.4 Å². The second-order valence-electron chi connectivity index (χ2n) is 6.27. The van der Waals surface area contributed by atoms with Gasteiger partial charge in [-0.3, -0.25) is 4.79 Å². The Morgan fingerprint density at radius 3 is 2.68 bits per heavy atom. The predicted molar refractivity (Wildman–Crippen MR) is 102 cm³/mol. The van der Waals surface area contributed by atoms with Crippen LogP contribution in [0.2, 0.25) is 0 Å². The van der Waals surface area contributed by atoms with Crippen molar-refractivity contribution in [3.05, 3.63) is 69.4 Å². The summed E-state index contributed by atoms with van der Waals surface area (Å²) in [6, 6.07) is 10.8. The number of nitrogens with zero attached hydrogens (tertiary/aromatic N) is 3. The number of aromatic hydroxyl groups is 1. The van der Waals surface area contributed by atoms with Crippen LogP contribution < -0.4 is 10.3 Å². The smallest absolute Gasteiger partial charge is 0.278 e. The van der Waals surface area contributed by atoms with Gasteiger partial charge in [0.25, 0.3) is 5.56 Å². The molecule has 2 aromatic carbocycles. The van der Waals surface area contributed by atoms with E-state index >= 15 is 0 Å². The van der Waals surface area contributed by atoms with E-state index in [0.717, 1.165) is 11.6 Å². The molecule has 3 aromatic rings. The first-order valence-electron chi connectivity index (χ1n) is 8.63. The van der Waals surface area contributed by atoms with Gasteiger partial charge in [-0.15, -0.1) is 0 Å². The number of ether oxygens (including phenoxy) is 1. The zero-order chi connectivity index (χ0) is 20.4. The number of aryl methyl sites for hydroxylation is 3. The van der Waals surface area contributed by atoms with E-state index in [1.165, 1.54) is 23.9 Å². The van der Waals surface area contributed by atoms with Crippen LogP contribution in [0.5, 0.6) is 17.2 Å². The molecule has 1 N–H and O–H groups in total. The summed E-state index contributed by atoms with van der Waals surface area (Å²) in [5.74, 6) is -0.430. The summed E-state index contributed by atoms with van der Waals surface area (Å²) < 4.78 is 20.9. The van der Waals surface area contributed by atoms with Gasteiger partial charge < -0.3 is 9.84 Å². The normalized spacial score (nSPS) is 10.5. The molecule has 0 radical (unpaired) electrons. The van der Waals surface area contributed by atoms with Crippen molar-refractivity contribution in [3.8, 4) is 34.4 Å². The molecule has 0 atom stereocenters. The van der Waals surface area contributed by atoms with Crippen LogP contribution in [-0.4, -0.2) is 14.9 Å². The Bertz CT molecular complexity index is 1160. The largest absolute Gasteiger partial charge is 0.505 e. The number of aromatic nitrogens is 2. The maximum absolute atomic E-state index is 14.1. The minimum atomic E-state index is -0.641. The first-order chi connectivity index (χ1) is 13.3. The number of hydrogen-bond donors (Lipinski definition) is 1. The quantitative estimate of drug-likeness (QED) is 0.744. The lowest BCUT2D eigenvalue weighted by Gasteiger charge is -2.14. The van der Waals surface area contributed by atoms with Crippen LogP contribution in [0, 0.1) is 24.1 Å². The lowest BCUT2D eigenvalue weighted by atomic mass is 9.97. The third kappa shape index (κ3) is 3.45. The zero-order valence-corrected chi connectivity index (χ0v) is 15.7. The van der Waals surface area contributed by atoms with Crippen LogP contribution in [0.25, 0.3) is 11.1 Å². The van der Waals surface area contributed by atoms with Gasteiger partial charge in [0.05, 0.1) is 17.2 Å². The highest BCUT2D eigenvalue weighted by atomic mass is 19.1. The third-order valence-electron chi connectivity index (χ3n) is 4.40. The molecule has 0 amide bonds. The number of nitriles is 1. The fourth-order valence-electron chi connectivity index (χ4n) is 2.95. The first-order valence-corrected chi connectivity index (χ1v) is 8.63. The van der Waals surface area contributed by atoms with Gasteiger partial charge in [-0.1, -0.05) is 13.0 Å². The van der Waals surface area contributed by atoms with Crippen LogP contribution in [-0.2, 0) is 13.5 Å². The van der Waals surface area contributed by atoms with E-state index in [0.29, 0.717) is 23.4 Å². The molecule has 7 heteroatoms. The summed E-state index contributed by atoms with van der Waals surface area (Å²) in [6.45, 7) is 3.52. The van der Waals surface area contributed by atoms with Gasteiger partial charge in [-0.25, -0.2) is 9.07 Å². The van der Waals surface area contributed by atoms with Gasteiger partial charge in [0.2, 0.25) is 0 Å². The van der Waals surface area contributed by atoms with E-state index in [2.05, 4.69) is 5.10 Å². The van der Waals surface area contributed by atoms with Crippen molar-refractivity contribution in [2.45, 2.75) is 20.3 Å². The molecule has 0 aliphatic carbocycles. The van der Waals surface area contributed by atoms with Crippen LogP contribution in [0.4, 0.5) is 4.39 Å². The Balaban J connectivity index is 2.06. The predicted octanol–water partition coefficient (Wildman–Crippen LogP) is 3.83. The number of halogens is 1. The van der Waals surface area contributed by atoms with Gasteiger partial charge in [-0.05, 0) is 54.8 Å². The highest BCUT2D eigenvalue weighted by Gasteiger charge is 2.18. The molecular formula is C21H18FN3O3. The molecule has 0 bridgehead atoms. The lowest BCUT2D eigenvalue weighted by Crippen LogP contribution is -2.22. The van der Waals surface area contributed by atoms with Crippen molar-refractivity contribution in [1.82, 2.24) is 9.78 Å². The maximum atomic E-state index is 14.1. The first kappa shape index (κ1) is 19.1. The SMILES string of the molecule is CCc1cc(Oc2ccc(C#N)cc2F)ccc1-c1c(O)c(C)nn(C)c1=O. The summed E-state index contributed by atoms with van der Waals surface area (Å²) in [4.78, 5) is 12.5. The van der Waals surface area contributed by atoms with E-state index in [9.17, 15) is 14.3 Å². The van der Waals surface area contributed by atoms with Crippen molar-refractivity contribution in [2.75, 3.05) is 0 Å². The number of rotatable bonds is 4. The molecule has 0 aliphatic heterocycles. The van der Waals surface area contributed by atoms with E-state index in [1.54, 1.807) is 25.1 Å². The molecule has 3 rings (SSSR count). The van der Waals surface area contributed by atoms with Gasteiger partial charge in [0.15, 0.2) is 17.3 Å². The van der Waals surface area contributed by atoms with E-state index in [4.69, 9.17) is 10.00 Å². The van der Waals surface area contributed by atoms with Crippen molar-refractivity contribution in [1.29, 1.82) is 5.26 Å². The van der Waals surface area contributed by atoms with E-state index in [1.807, 2.05) is 13.0 Å². The topological polar surface area (TPSA) is 88.1 Å². The highest BCUT2D eigenvalue weighted by Crippen LogP contribution is 2.34. The lowest BCUT2D eigenvalue weighted by molar-refractivity contribution is 0.441. The monoisotopic (exact) mass is 379 g/mol. The fraction of sp³-hybridized carbons (Fsp3) is 0.190. The maximum Gasteiger partial charge on any atom is 0.278 e. The summed E-state index contributed by atoms with van der Waals surface area (Å²) in [5.41, 5.74) is 1.63. The minimum absolute atomic E-state index is 0.00711. The fourth-order valence-corrected chi connectivity index (χ4v) is 2.95. The second-order valence-corrected chi connectivity index (χ2v) is 6.27. The van der Waals surface area contributed by atoms with E-state index < -0.39 is 11.4 Å². The van der Waals surface area contributed by atoms with Crippen molar-refractivity contribution >= 4 is 0 Å². The Labute approximate surface area is 161 Å². The van der Waals surface area contributed by atoms with Crippen LogP contribution >= 0.6 is 0 Å². The Hall–Kier alpha value is -3.66. The van der Waals surface area contributed by atoms with Gasteiger partial charge >= 0.3 is 0 Å². The average molecular weight is 379 g/mol. The number of hydrogen-bond acceptors (Lipinski definition) is 5. The summed E-state index contributed by atoms with van der Waals surface area (Å²) in [7, 11) is 1.52. The number of benzene rings is 2. The van der Waals surface area contributed by atoms with Gasteiger partial charge in [0.1, 0.15) is 11.4 Å². The average Bonchev–Trinajstić information content (AvgIpc) is 2.69. The van der Waals surface area contributed by atoms with Crippen molar-refractivity contribution in [3.63, 3.8) is 0 Å². The molecule has 0 aliphatic rings. The summed E-state index contributed by atoms with van der Waals surface area (Å²) >= 11 is 0. The van der Waals surface area contributed by atoms with Crippen LogP contribution in [0.1, 0.15) is 23.7 Å². The molecule has 142 valence electrons. The van der Waals surface area contributed by atoms with E-state index in [-0.39, 0.29) is 22.6 Å². The third-order valence-corrected chi connectivity index (χ3v) is 4.40. The molecule has 0 saturated heterocycles. The summed E-state index contributed by atoms with van der Waals surface area (Å²) in [5, 5.41) is 23.2. The Kier molecular flexibility index (Phi) is 5.14. The summed E-state index contributed by atoms with van der Waals surface area (Å²) in [6.07, 6.45) is 0.562. The molecule has 1 aromatic heterocycles. The molecule has 0 saturated carbocycles. The standard InChI is InChI=1S/C21H18FN3O3/c1-4-14-10-15(28-18-8-5-13(11-23)9-17(18)22)6-7-16(14)19-20(26)12(2)24-25(3)21(19)27/h5-10,26H,4H2,1-3H3. The molecule has 0 unspecified atom stereocenters. The molecule has 28 heavy (non-hydrogen) atoms. The molecule has 6 nitrogen and oxygen atoms in total. The zero-order valence-electron chi connectivity index (χ0n) is 15.7.